The summed E-state index contributed by atoms with van der Waals surface area (Å²) in [7, 11) is -4.01. The highest BCUT2D eigenvalue weighted by Crippen LogP contribution is 2.48. The standard InChI is InChI=1S/C14H18NO5P/c16-13-7-4-8-15(13)10-21(19,20)12(14(17)18)9-11-5-2-1-3-6-11/h1-3,5-6,12H,4,7-10H2,(H,17,18)(H,19,20). The van der Waals surface area contributed by atoms with E-state index in [0.717, 1.165) is 0 Å². The summed E-state index contributed by atoms with van der Waals surface area (Å²) < 4.78 is 12.4. The predicted molar refractivity (Wildman–Crippen MR) is 77.2 cm³/mol. The molecule has 114 valence electrons. The van der Waals surface area contributed by atoms with Gasteiger partial charge in [0.15, 0.2) is 0 Å². The molecule has 0 saturated carbocycles. The summed E-state index contributed by atoms with van der Waals surface area (Å²) in [6, 6.07) is 8.73. The largest absolute Gasteiger partial charge is 0.481 e. The Morgan fingerprint density at radius 2 is 2.00 bits per heavy atom. The van der Waals surface area contributed by atoms with Crippen LogP contribution in [0.4, 0.5) is 0 Å². The Hall–Kier alpha value is -1.65. The Morgan fingerprint density at radius 1 is 1.33 bits per heavy atom. The molecule has 1 heterocycles. The second kappa shape index (κ2) is 6.41. The van der Waals surface area contributed by atoms with Crippen LogP contribution in [0.3, 0.4) is 0 Å². The average Bonchev–Trinajstić information content (AvgIpc) is 2.81. The van der Waals surface area contributed by atoms with E-state index in [2.05, 4.69) is 0 Å². The molecule has 1 aliphatic heterocycles. The first-order valence-corrected chi connectivity index (χ1v) is 8.67. The minimum absolute atomic E-state index is 0.0218. The van der Waals surface area contributed by atoms with Crippen LogP contribution in [0, 0.1) is 0 Å². The third-order valence-corrected chi connectivity index (χ3v) is 5.71. The SMILES string of the molecule is O=C(O)C(Cc1ccccc1)P(=O)(O)CN1CCCC1=O. The molecular formula is C14H18NO5P. The molecule has 0 aliphatic carbocycles. The molecule has 2 unspecified atom stereocenters. The fourth-order valence-corrected chi connectivity index (χ4v) is 4.26. The molecule has 21 heavy (non-hydrogen) atoms. The van der Waals surface area contributed by atoms with Crippen LogP contribution in [-0.4, -0.2) is 45.3 Å². The van der Waals surface area contributed by atoms with Gasteiger partial charge in [0.25, 0.3) is 0 Å². The first kappa shape index (κ1) is 15.7. The Morgan fingerprint density at radius 3 is 2.52 bits per heavy atom. The van der Waals surface area contributed by atoms with E-state index in [1.165, 1.54) is 4.90 Å². The van der Waals surface area contributed by atoms with Gasteiger partial charge in [0.2, 0.25) is 13.3 Å². The second-order valence-electron chi connectivity index (χ2n) is 5.20. The van der Waals surface area contributed by atoms with Crippen molar-refractivity contribution in [3.8, 4) is 0 Å². The van der Waals surface area contributed by atoms with Crippen LogP contribution < -0.4 is 0 Å². The predicted octanol–water partition coefficient (Wildman–Crippen LogP) is 1.53. The summed E-state index contributed by atoms with van der Waals surface area (Å²) >= 11 is 0. The third-order valence-electron chi connectivity index (χ3n) is 3.59. The summed E-state index contributed by atoms with van der Waals surface area (Å²) in [5.41, 5.74) is -0.708. The Bertz CT molecular complexity index is 574. The Labute approximate surface area is 122 Å². The summed E-state index contributed by atoms with van der Waals surface area (Å²) in [6.07, 6.45) is 0.604. The monoisotopic (exact) mass is 311 g/mol. The number of likely N-dealkylation sites (tertiary alicyclic amines) is 1. The number of hydrogen-bond donors (Lipinski definition) is 2. The van der Waals surface area contributed by atoms with Gasteiger partial charge in [-0.25, -0.2) is 0 Å². The van der Waals surface area contributed by atoms with Crippen molar-refractivity contribution in [3.05, 3.63) is 35.9 Å². The normalized spacial score (nSPS) is 19.3. The van der Waals surface area contributed by atoms with Crippen molar-refractivity contribution in [2.45, 2.75) is 24.9 Å². The molecule has 1 aromatic carbocycles. The Balaban J connectivity index is 2.14. The molecule has 2 rings (SSSR count). The molecule has 2 N–H and O–H groups in total. The average molecular weight is 311 g/mol. The third kappa shape index (κ3) is 3.93. The van der Waals surface area contributed by atoms with E-state index in [1.807, 2.05) is 0 Å². The number of carboxylic acids is 1. The number of carboxylic acid groups (broad SMARTS) is 1. The molecule has 7 heteroatoms. The molecule has 0 aromatic heterocycles. The zero-order valence-corrected chi connectivity index (χ0v) is 12.4. The number of hydrogen-bond acceptors (Lipinski definition) is 3. The van der Waals surface area contributed by atoms with Gasteiger partial charge in [0.05, 0.1) is 6.29 Å². The van der Waals surface area contributed by atoms with Crippen molar-refractivity contribution >= 4 is 19.2 Å². The fourth-order valence-electron chi connectivity index (χ4n) is 2.44. The van der Waals surface area contributed by atoms with E-state index < -0.39 is 19.0 Å². The minimum atomic E-state index is -4.01. The molecule has 0 bridgehead atoms. The van der Waals surface area contributed by atoms with Crippen LogP contribution >= 0.6 is 7.37 Å². The zero-order valence-electron chi connectivity index (χ0n) is 11.5. The van der Waals surface area contributed by atoms with E-state index in [4.69, 9.17) is 0 Å². The van der Waals surface area contributed by atoms with Gasteiger partial charge in [0.1, 0.15) is 5.66 Å². The smallest absolute Gasteiger partial charge is 0.316 e. The first-order chi connectivity index (χ1) is 9.90. The number of carbonyl (C=O) groups is 2. The van der Waals surface area contributed by atoms with E-state index in [0.29, 0.717) is 24.9 Å². The van der Waals surface area contributed by atoms with Gasteiger partial charge in [-0.1, -0.05) is 30.3 Å². The Kier molecular flexibility index (Phi) is 4.80. The second-order valence-corrected chi connectivity index (χ2v) is 7.62. The van der Waals surface area contributed by atoms with E-state index in [-0.39, 0.29) is 18.6 Å². The summed E-state index contributed by atoms with van der Waals surface area (Å²) in [4.78, 5) is 34.4. The molecule has 0 spiro atoms. The molecule has 6 nitrogen and oxygen atoms in total. The molecule has 2 atom stereocenters. The quantitative estimate of drug-likeness (QED) is 0.777. The molecular weight excluding hydrogens is 293 g/mol. The summed E-state index contributed by atoms with van der Waals surface area (Å²) in [6.45, 7) is 0.418. The van der Waals surface area contributed by atoms with Gasteiger partial charge in [-0.2, -0.15) is 0 Å². The van der Waals surface area contributed by atoms with Crippen molar-refractivity contribution in [1.29, 1.82) is 0 Å². The number of rotatable bonds is 6. The lowest BCUT2D eigenvalue weighted by atomic mass is 10.1. The van der Waals surface area contributed by atoms with Gasteiger partial charge in [-0.3, -0.25) is 14.2 Å². The van der Waals surface area contributed by atoms with E-state index in [9.17, 15) is 24.2 Å². The van der Waals surface area contributed by atoms with Crippen LogP contribution in [-0.2, 0) is 20.6 Å². The van der Waals surface area contributed by atoms with Crippen molar-refractivity contribution in [2.24, 2.45) is 0 Å². The summed E-state index contributed by atoms with van der Waals surface area (Å²) in [5.74, 6) is -1.50. The number of aliphatic carboxylic acids is 1. The maximum atomic E-state index is 12.4. The van der Waals surface area contributed by atoms with Gasteiger partial charge in [-0.15, -0.1) is 0 Å². The highest BCUT2D eigenvalue weighted by molar-refractivity contribution is 7.59. The molecule has 1 fully saturated rings. The highest BCUT2D eigenvalue weighted by Gasteiger charge is 2.40. The lowest BCUT2D eigenvalue weighted by Crippen LogP contribution is -2.32. The van der Waals surface area contributed by atoms with E-state index in [1.54, 1.807) is 30.3 Å². The van der Waals surface area contributed by atoms with Crippen LogP contribution in [0.15, 0.2) is 30.3 Å². The van der Waals surface area contributed by atoms with Crippen molar-refractivity contribution < 1.29 is 24.2 Å². The van der Waals surface area contributed by atoms with Crippen LogP contribution in [0.5, 0.6) is 0 Å². The lowest BCUT2D eigenvalue weighted by Gasteiger charge is -2.24. The van der Waals surface area contributed by atoms with Crippen molar-refractivity contribution in [3.63, 3.8) is 0 Å². The maximum Gasteiger partial charge on any atom is 0.316 e. The molecule has 1 amide bonds. The van der Waals surface area contributed by atoms with Crippen LogP contribution in [0.25, 0.3) is 0 Å². The fraction of sp³-hybridized carbons (Fsp3) is 0.429. The molecule has 1 aliphatic rings. The molecule has 1 aromatic rings. The maximum absolute atomic E-state index is 12.4. The highest BCUT2D eigenvalue weighted by atomic mass is 31.2. The number of nitrogens with zero attached hydrogens (tertiary/aromatic N) is 1. The van der Waals surface area contributed by atoms with Crippen LogP contribution in [0.1, 0.15) is 18.4 Å². The van der Waals surface area contributed by atoms with Crippen LogP contribution in [0.2, 0.25) is 0 Å². The van der Waals surface area contributed by atoms with E-state index >= 15 is 0 Å². The van der Waals surface area contributed by atoms with Gasteiger partial charge in [0, 0.05) is 13.0 Å². The van der Waals surface area contributed by atoms with Crippen molar-refractivity contribution in [1.82, 2.24) is 4.90 Å². The van der Waals surface area contributed by atoms with Gasteiger partial charge < -0.3 is 14.9 Å². The molecule has 1 saturated heterocycles. The van der Waals surface area contributed by atoms with Gasteiger partial charge >= 0.3 is 5.97 Å². The molecule has 0 radical (unpaired) electrons. The summed E-state index contributed by atoms with van der Waals surface area (Å²) in [5, 5.41) is 9.27. The number of amides is 1. The number of benzene rings is 1. The topological polar surface area (TPSA) is 94.9 Å². The zero-order chi connectivity index (χ0) is 15.5. The van der Waals surface area contributed by atoms with Gasteiger partial charge in [-0.05, 0) is 18.4 Å². The van der Waals surface area contributed by atoms with Crippen molar-refractivity contribution in [2.75, 3.05) is 12.8 Å². The number of carbonyl (C=O) groups excluding carboxylic acids is 1. The minimum Gasteiger partial charge on any atom is -0.481 e. The first-order valence-electron chi connectivity index (χ1n) is 6.76. The lowest BCUT2D eigenvalue weighted by molar-refractivity contribution is -0.137.